The number of hydrogen-bond acceptors (Lipinski definition) is 3. The number of benzene rings is 2. The topological polar surface area (TPSA) is 83.8 Å². The Kier molecular flexibility index (Phi) is 4.05. The molecule has 0 amide bonds. The van der Waals surface area contributed by atoms with Crippen molar-refractivity contribution in [1.29, 1.82) is 0 Å². The van der Waals surface area contributed by atoms with Crippen LogP contribution in [0.3, 0.4) is 0 Å². The van der Waals surface area contributed by atoms with Crippen LogP contribution in [0.15, 0.2) is 46.9 Å². The van der Waals surface area contributed by atoms with Crippen LogP contribution in [-0.2, 0) is 0 Å². The first kappa shape index (κ1) is 14.1. The van der Waals surface area contributed by atoms with Crippen LogP contribution in [0.4, 0.5) is 0 Å². The molecular weight excluding hydrogens is 328 g/mol. The summed E-state index contributed by atoms with van der Waals surface area (Å²) in [6, 6.07) is 10.8. The molecule has 2 aromatic carbocycles. The Labute approximate surface area is 122 Å². The van der Waals surface area contributed by atoms with Gasteiger partial charge in [0.25, 0.3) is 0 Å². The number of carboxylic acid groups (broad SMARTS) is 2. The summed E-state index contributed by atoms with van der Waals surface area (Å²) in [5.41, 5.74) is -0.590. The van der Waals surface area contributed by atoms with Crippen LogP contribution in [0.1, 0.15) is 20.7 Å². The van der Waals surface area contributed by atoms with Crippen LogP contribution in [0, 0.1) is 0 Å². The van der Waals surface area contributed by atoms with E-state index in [1.165, 1.54) is 18.2 Å². The van der Waals surface area contributed by atoms with Crippen molar-refractivity contribution in [1.82, 2.24) is 0 Å². The molecule has 5 nitrogen and oxygen atoms in total. The molecule has 0 aliphatic heterocycles. The minimum absolute atomic E-state index is 0.259. The maximum absolute atomic E-state index is 11.1. The summed E-state index contributed by atoms with van der Waals surface area (Å²) in [6.45, 7) is 0. The lowest BCUT2D eigenvalue weighted by molar-refractivity contribution is 0.0651. The molecule has 0 saturated carbocycles. The van der Waals surface area contributed by atoms with Gasteiger partial charge in [0.15, 0.2) is 0 Å². The lowest BCUT2D eigenvalue weighted by atomic mass is 10.1. The van der Waals surface area contributed by atoms with Crippen LogP contribution in [0.25, 0.3) is 0 Å². The van der Waals surface area contributed by atoms with Gasteiger partial charge >= 0.3 is 11.9 Å². The first-order valence-corrected chi connectivity index (χ1v) is 6.31. The molecule has 2 rings (SSSR count). The van der Waals surface area contributed by atoms with E-state index < -0.39 is 11.9 Å². The van der Waals surface area contributed by atoms with Gasteiger partial charge in [-0.05, 0) is 42.5 Å². The van der Waals surface area contributed by atoms with Crippen LogP contribution in [0.5, 0.6) is 11.5 Å². The van der Waals surface area contributed by atoms with Crippen molar-refractivity contribution in [3.63, 3.8) is 0 Å². The largest absolute Gasteiger partial charge is 0.478 e. The van der Waals surface area contributed by atoms with E-state index in [0.29, 0.717) is 5.75 Å². The van der Waals surface area contributed by atoms with Gasteiger partial charge in [0.2, 0.25) is 0 Å². The molecule has 20 heavy (non-hydrogen) atoms. The van der Waals surface area contributed by atoms with E-state index in [1.807, 2.05) is 0 Å². The number of halogens is 1. The quantitative estimate of drug-likeness (QED) is 0.890. The third-order valence-corrected chi connectivity index (χ3v) is 3.03. The Morgan fingerprint density at radius 3 is 1.95 bits per heavy atom. The molecule has 0 aliphatic rings. The fourth-order valence-electron chi connectivity index (χ4n) is 1.59. The Hall–Kier alpha value is -2.34. The molecule has 2 aromatic rings. The average Bonchev–Trinajstić information content (AvgIpc) is 2.41. The highest BCUT2D eigenvalue weighted by atomic mass is 79.9. The second-order valence-electron chi connectivity index (χ2n) is 3.87. The molecule has 0 fully saturated rings. The molecule has 102 valence electrons. The molecule has 6 heteroatoms. The number of rotatable bonds is 4. The Balaban J connectivity index is 2.34. The van der Waals surface area contributed by atoms with Crippen molar-refractivity contribution in [2.75, 3.05) is 0 Å². The fourth-order valence-corrected chi connectivity index (χ4v) is 1.85. The highest BCUT2D eigenvalue weighted by Crippen LogP contribution is 2.25. The van der Waals surface area contributed by atoms with Crippen LogP contribution < -0.4 is 4.74 Å². The molecule has 0 saturated heterocycles. The molecule has 0 heterocycles. The van der Waals surface area contributed by atoms with Gasteiger partial charge in [-0.25, -0.2) is 9.59 Å². The summed E-state index contributed by atoms with van der Waals surface area (Å²) in [7, 11) is 0. The van der Waals surface area contributed by atoms with Crippen LogP contribution in [-0.4, -0.2) is 22.2 Å². The van der Waals surface area contributed by atoms with Gasteiger partial charge in [-0.1, -0.05) is 15.9 Å². The summed E-state index contributed by atoms with van der Waals surface area (Å²) in [5, 5.41) is 17.9. The fraction of sp³-hybridized carbons (Fsp3) is 0. The van der Waals surface area contributed by atoms with Crippen molar-refractivity contribution in [3.05, 3.63) is 58.1 Å². The van der Waals surface area contributed by atoms with Gasteiger partial charge in [-0.3, -0.25) is 0 Å². The Bertz CT molecular complexity index is 664. The standard InChI is InChI=1S/C14H9BrO5/c15-8-1-3-9(4-2-8)20-10-5-6-11(13(16)17)12(7-10)14(18)19/h1-7H,(H,16,17)(H,18,19). The third-order valence-electron chi connectivity index (χ3n) is 2.50. The maximum atomic E-state index is 11.1. The van der Waals surface area contributed by atoms with Gasteiger partial charge < -0.3 is 14.9 Å². The van der Waals surface area contributed by atoms with Gasteiger partial charge in [0.05, 0.1) is 11.1 Å². The molecule has 2 N–H and O–H groups in total. The summed E-state index contributed by atoms with van der Waals surface area (Å²) in [4.78, 5) is 22.0. The number of hydrogen-bond donors (Lipinski definition) is 2. The van der Waals surface area contributed by atoms with Crippen molar-refractivity contribution >= 4 is 27.9 Å². The second kappa shape index (κ2) is 5.75. The van der Waals surface area contributed by atoms with Crippen LogP contribution >= 0.6 is 15.9 Å². The van der Waals surface area contributed by atoms with E-state index in [2.05, 4.69) is 15.9 Å². The summed E-state index contributed by atoms with van der Waals surface area (Å²) in [5.74, 6) is -1.83. The van der Waals surface area contributed by atoms with E-state index in [9.17, 15) is 9.59 Å². The Morgan fingerprint density at radius 2 is 1.40 bits per heavy atom. The summed E-state index contributed by atoms with van der Waals surface area (Å²) >= 11 is 3.29. The van der Waals surface area contributed by atoms with Crippen molar-refractivity contribution in [3.8, 4) is 11.5 Å². The zero-order valence-corrected chi connectivity index (χ0v) is 11.6. The van der Waals surface area contributed by atoms with E-state index in [-0.39, 0.29) is 16.9 Å². The Morgan fingerprint density at radius 1 is 0.850 bits per heavy atom. The van der Waals surface area contributed by atoms with E-state index in [0.717, 1.165) is 4.47 Å². The first-order chi connectivity index (χ1) is 9.47. The highest BCUT2D eigenvalue weighted by molar-refractivity contribution is 9.10. The zero-order valence-electron chi connectivity index (χ0n) is 10.0. The minimum Gasteiger partial charge on any atom is -0.478 e. The van der Waals surface area contributed by atoms with Crippen LogP contribution in [0.2, 0.25) is 0 Å². The normalized spacial score (nSPS) is 10.1. The SMILES string of the molecule is O=C(O)c1ccc(Oc2ccc(Br)cc2)cc1C(=O)O. The van der Waals surface area contributed by atoms with Gasteiger partial charge in [0.1, 0.15) is 11.5 Å². The van der Waals surface area contributed by atoms with E-state index in [4.69, 9.17) is 14.9 Å². The molecule has 0 spiro atoms. The lowest BCUT2D eigenvalue weighted by Gasteiger charge is -2.08. The lowest BCUT2D eigenvalue weighted by Crippen LogP contribution is -2.07. The molecular formula is C14H9BrO5. The van der Waals surface area contributed by atoms with Gasteiger partial charge in [-0.2, -0.15) is 0 Å². The minimum atomic E-state index is -1.32. The number of carboxylic acids is 2. The zero-order chi connectivity index (χ0) is 14.7. The number of aromatic carboxylic acids is 2. The molecule has 0 radical (unpaired) electrons. The molecule has 0 unspecified atom stereocenters. The van der Waals surface area contributed by atoms with Crippen molar-refractivity contribution in [2.45, 2.75) is 0 Å². The number of ether oxygens (including phenoxy) is 1. The molecule has 0 aromatic heterocycles. The van der Waals surface area contributed by atoms with Crippen molar-refractivity contribution in [2.24, 2.45) is 0 Å². The summed E-state index contributed by atoms with van der Waals surface area (Å²) in [6.07, 6.45) is 0. The van der Waals surface area contributed by atoms with E-state index >= 15 is 0 Å². The maximum Gasteiger partial charge on any atom is 0.336 e. The van der Waals surface area contributed by atoms with Gasteiger partial charge in [-0.15, -0.1) is 0 Å². The predicted molar refractivity (Wildman–Crippen MR) is 74.6 cm³/mol. The van der Waals surface area contributed by atoms with Crippen molar-refractivity contribution < 1.29 is 24.5 Å². The average molecular weight is 337 g/mol. The molecule has 0 atom stereocenters. The monoisotopic (exact) mass is 336 g/mol. The highest BCUT2D eigenvalue weighted by Gasteiger charge is 2.16. The molecule has 0 aliphatic carbocycles. The smallest absolute Gasteiger partial charge is 0.336 e. The predicted octanol–water partition coefficient (Wildman–Crippen LogP) is 3.64. The second-order valence-corrected chi connectivity index (χ2v) is 4.79. The molecule has 0 bridgehead atoms. The third kappa shape index (κ3) is 3.16. The number of carbonyl (C=O) groups is 2. The first-order valence-electron chi connectivity index (χ1n) is 5.51. The van der Waals surface area contributed by atoms with E-state index in [1.54, 1.807) is 24.3 Å². The summed E-state index contributed by atoms with van der Waals surface area (Å²) < 4.78 is 6.37. The van der Waals surface area contributed by atoms with Gasteiger partial charge in [0, 0.05) is 4.47 Å².